The number of anilines is 2. The molecule has 1 unspecified atom stereocenters. The number of nitrogens with one attached hydrogen (secondary N) is 1. The van der Waals surface area contributed by atoms with Gasteiger partial charge in [0.1, 0.15) is 35.6 Å². The molecule has 0 saturated carbocycles. The molecule has 4 fully saturated rings. The number of alkyl halides is 1. The van der Waals surface area contributed by atoms with Crippen molar-refractivity contribution in [2.45, 2.75) is 62.8 Å². The van der Waals surface area contributed by atoms with Crippen molar-refractivity contribution >= 4 is 46.3 Å². The summed E-state index contributed by atoms with van der Waals surface area (Å²) in [7, 11) is 0. The van der Waals surface area contributed by atoms with E-state index in [1.165, 1.54) is 15.5 Å². The Morgan fingerprint density at radius 3 is 2.26 bits per heavy atom. The van der Waals surface area contributed by atoms with Gasteiger partial charge in [-0.25, -0.2) is 19.2 Å². The van der Waals surface area contributed by atoms with Gasteiger partial charge >= 0.3 is 5.69 Å². The van der Waals surface area contributed by atoms with Crippen LogP contribution in [0.2, 0.25) is 0 Å². The van der Waals surface area contributed by atoms with Crippen LogP contribution in [-0.2, 0) is 9.59 Å². The Morgan fingerprint density at radius 2 is 1.52 bits per heavy atom. The maximum Gasteiger partial charge on any atom is 0.335 e. The number of likely N-dealkylation sites (tertiary alicyclic amines) is 2. The zero-order valence-electron chi connectivity index (χ0n) is 34.1. The lowest BCUT2D eigenvalue weighted by Gasteiger charge is -2.49. The van der Waals surface area contributed by atoms with Crippen LogP contribution in [0.3, 0.4) is 0 Å². The molecule has 5 aliphatic heterocycles. The summed E-state index contributed by atoms with van der Waals surface area (Å²) in [6.07, 6.45) is 3.79. The minimum atomic E-state index is -1.28. The Bertz CT molecular complexity index is 2620. The number of ether oxygens (including phenoxy) is 1. The third-order valence-electron chi connectivity index (χ3n) is 13.3. The van der Waals surface area contributed by atoms with E-state index in [1.807, 2.05) is 36.4 Å². The number of imidazole rings is 1. The minimum Gasteiger partial charge on any atom is -0.457 e. The summed E-state index contributed by atoms with van der Waals surface area (Å²) in [6.45, 7) is 5.26. The summed E-state index contributed by atoms with van der Waals surface area (Å²) < 4.78 is 25.1. The number of carbonyl (C=O) groups is 4. The Hall–Kier alpha value is -6.46. The molecule has 0 spiro atoms. The van der Waals surface area contributed by atoms with E-state index in [0.29, 0.717) is 58.8 Å². The number of imide groups is 2. The molecule has 16 nitrogen and oxygen atoms in total. The number of nitrogen functional groups attached to an aromatic ring is 1. The predicted molar refractivity (Wildman–Crippen MR) is 227 cm³/mol. The van der Waals surface area contributed by atoms with Crippen LogP contribution in [0.4, 0.5) is 15.9 Å². The van der Waals surface area contributed by atoms with Crippen LogP contribution in [0.5, 0.6) is 11.5 Å². The zero-order valence-corrected chi connectivity index (χ0v) is 34.1. The van der Waals surface area contributed by atoms with E-state index in [4.69, 9.17) is 10.5 Å². The number of carbonyl (C=O) groups excluding carboxylic acids is 4. The van der Waals surface area contributed by atoms with Crippen molar-refractivity contribution in [3.63, 3.8) is 0 Å². The summed E-state index contributed by atoms with van der Waals surface area (Å²) in [5.41, 5.74) is 8.56. The molecule has 2 aromatic heterocycles. The average Bonchev–Trinajstić information content (AvgIpc) is 3.69. The minimum absolute atomic E-state index is 0.0806. The maximum absolute atomic E-state index is 16.2. The second kappa shape index (κ2) is 16.1. The summed E-state index contributed by atoms with van der Waals surface area (Å²) in [4.78, 5) is 81.2. The van der Waals surface area contributed by atoms with Crippen molar-refractivity contribution in [2.75, 3.05) is 56.4 Å². The number of benzene rings is 3. The van der Waals surface area contributed by atoms with Crippen LogP contribution >= 0.6 is 0 Å². The molecule has 17 heteroatoms. The van der Waals surface area contributed by atoms with E-state index >= 15 is 4.39 Å². The van der Waals surface area contributed by atoms with Gasteiger partial charge in [-0.15, -0.1) is 0 Å². The van der Waals surface area contributed by atoms with Gasteiger partial charge in [-0.05, 0) is 112 Å². The van der Waals surface area contributed by atoms with Gasteiger partial charge in [-0.2, -0.15) is 0 Å². The summed E-state index contributed by atoms with van der Waals surface area (Å²) >= 11 is 0. The van der Waals surface area contributed by atoms with Crippen LogP contribution in [0.15, 0.2) is 83.9 Å². The molecule has 320 valence electrons. The lowest BCUT2D eigenvalue weighted by molar-refractivity contribution is -0.136. The summed E-state index contributed by atoms with van der Waals surface area (Å²) in [5.74, 6) is -0.0530. The third kappa shape index (κ3) is 7.17. The molecule has 3 N–H and O–H groups in total. The maximum atomic E-state index is 16.2. The highest BCUT2D eigenvalue weighted by Gasteiger charge is 2.45. The number of nitrogens with two attached hydrogens (primary N) is 1. The first-order valence-corrected chi connectivity index (χ1v) is 21.4. The number of para-hydroxylation sites is 1. The van der Waals surface area contributed by atoms with Crippen LogP contribution in [-0.4, -0.2) is 121 Å². The Morgan fingerprint density at radius 1 is 0.790 bits per heavy atom. The first-order valence-electron chi connectivity index (χ1n) is 21.4. The first-order chi connectivity index (χ1) is 30.1. The molecule has 0 aliphatic carbocycles. The van der Waals surface area contributed by atoms with Gasteiger partial charge in [0.2, 0.25) is 11.8 Å². The van der Waals surface area contributed by atoms with Crippen molar-refractivity contribution in [1.29, 1.82) is 0 Å². The molecule has 5 aliphatic rings. The highest BCUT2D eigenvalue weighted by molar-refractivity contribution is 6.23. The van der Waals surface area contributed by atoms with Crippen molar-refractivity contribution in [3.05, 3.63) is 101 Å². The van der Waals surface area contributed by atoms with Crippen LogP contribution in [0, 0.1) is 5.92 Å². The molecule has 5 aromatic rings. The standard InChI is InChI=1S/C45H47FN10O6/c46-35-25-51(19-17-36(35)55-41-39(40(47)48-26-49-41)54(45(55)61)28-6-9-32(10-7-28)62-31-4-2-1-3-5-31)18-14-27-15-20-52(21-16-27)30-23-53(24-30)29-8-11-33-34(22-29)44(60)56(43(33)59)37-12-13-38(57)50-42(37)58/h1-11,22,26-27,30,35-37H,12-21,23-25H2,(H2,47,48,49)(H,50,57,58)/t35-,36+,37?/m0/s1. The quantitative estimate of drug-likeness (QED) is 0.194. The van der Waals surface area contributed by atoms with Crippen molar-refractivity contribution in [2.24, 2.45) is 5.92 Å². The number of amides is 4. The van der Waals surface area contributed by atoms with E-state index < -0.39 is 47.6 Å². The van der Waals surface area contributed by atoms with Crippen molar-refractivity contribution < 1.29 is 28.3 Å². The third-order valence-corrected chi connectivity index (χ3v) is 13.3. The molecule has 4 saturated heterocycles. The van der Waals surface area contributed by atoms with Crippen LogP contribution < -0.4 is 26.4 Å². The van der Waals surface area contributed by atoms with Crippen molar-refractivity contribution in [1.82, 2.24) is 39.1 Å². The molecule has 3 aromatic carbocycles. The predicted octanol–water partition coefficient (Wildman–Crippen LogP) is 3.93. The summed E-state index contributed by atoms with van der Waals surface area (Å²) in [5, 5.41) is 2.24. The fourth-order valence-corrected chi connectivity index (χ4v) is 9.87. The Kier molecular flexibility index (Phi) is 10.3. The highest BCUT2D eigenvalue weighted by Crippen LogP contribution is 2.35. The number of halogens is 1. The number of fused-ring (bicyclic) bond motifs is 2. The molecule has 10 rings (SSSR count). The Labute approximate surface area is 356 Å². The number of hydrogen-bond donors (Lipinski definition) is 2. The molecular weight excluding hydrogens is 796 g/mol. The molecule has 0 bridgehead atoms. The monoisotopic (exact) mass is 842 g/mol. The lowest BCUT2D eigenvalue weighted by atomic mass is 9.91. The molecule has 4 amide bonds. The number of piperidine rings is 3. The molecule has 0 radical (unpaired) electrons. The topological polar surface area (TPSA) is 181 Å². The van der Waals surface area contributed by atoms with E-state index in [1.54, 1.807) is 36.4 Å². The molecule has 62 heavy (non-hydrogen) atoms. The molecule has 7 heterocycles. The second-order valence-corrected chi connectivity index (χ2v) is 17.0. The number of nitrogens with zero attached hydrogens (tertiary/aromatic N) is 8. The normalized spacial score (nSPS) is 22.9. The zero-order chi connectivity index (χ0) is 42.6. The number of hydrogen-bond acceptors (Lipinski definition) is 12. The Balaban J connectivity index is 0.713. The second-order valence-electron chi connectivity index (χ2n) is 17.0. The van der Waals surface area contributed by atoms with Gasteiger partial charge in [0, 0.05) is 44.3 Å². The average molecular weight is 843 g/mol. The SMILES string of the molecule is Nc1ncnc2c1n(-c1ccc(Oc3ccccc3)cc1)c(=O)n2[C@@H]1CCN(CCC2CCN(C3CN(c4ccc5c(c4)C(=O)N(C4CCC(=O)NC4=O)C5=O)C3)CC2)C[C@@H]1F. The lowest BCUT2D eigenvalue weighted by Crippen LogP contribution is -2.61. The molecular formula is C45H47FN10O6. The fraction of sp³-hybridized carbons (Fsp3) is 0.400. The van der Waals surface area contributed by atoms with Gasteiger partial charge in [-0.1, -0.05) is 18.2 Å². The number of aromatic nitrogens is 4. The van der Waals surface area contributed by atoms with E-state index in [2.05, 4.69) is 30.0 Å². The van der Waals surface area contributed by atoms with Crippen LogP contribution in [0.25, 0.3) is 16.9 Å². The van der Waals surface area contributed by atoms with Crippen molar-refractivity contribution in [3.8, 4) is 17.2 Å². The highest BCUT2D eigenvalue weighted by atomic mass is 19.1. The van der Waals surface area contributed by atoms with Gasteiger partial charge in [0.25, 0.3) is 11.8 Å². The smallest absolute Gasteiger partial charge is 0.335 e. The van der Waals surface area contributed by atoms with Gasteiger partial charge in [0.05, 0.1) is 22.9 Å². The van der Waals surface area contributed by atoms with Crippen LogP contribution in [0.1, 0.15) is 65.3 Å². The van der Waals surface area contributed by atoms with Gasteiger partial charge < -0.3 is 20.3 Å². The largest absolute Gasteiger partial charge is 0.457 e. The van der Waals surface area contributed by atoms with Gasteiger partial charge in [-0.3, -0.25) is 43.4 Å². The number of rotatable bonds is 10. The fourth-order valence-electron chi connectivity index (χ4n) is 9.87. The first kappa shape index (κ1) is 39.7. The van der Waals surface area contributed by atoms with E-state index in [9.17, 15) is 24.0 Å². The van der Waals surface area contributed by atoms with E-state index in [-0.39, 0.29) is 30.8 Å². The van der Waals surface area contributed by atoms with Gasteiger partial charge in [0.15, 0.2) is 11.5 Å². The van der Waals surface area contributed by atoms with E-state index in [0.717, 1.165) is 62.6 Å². The molecule has 3 atom stereocenters. The summed E-state index contributed by atoms with van der Waals surface area (Å²) in [6, 6.07) is 20.5.